The predicted octanol–water partition coefficient (Wildman–Crippen LogP) is 1.85. The average molecular weight is 175 g/mol. The maximum Gasteiger partial charge on any atom is 0.0875 e. The Morgan fingerprint density at radius 3 is 2.55 bits per heavy atom. The van der Waals surface area contributed by atoms with Crippen LogP contribution in [0.1, 0.15) is 19.8 Å². The molecule has 1 fully saturated rings. The zero-order valence-electron chi connectivity index (χ0n) is 7.21. The van der Waals surface area contributed by atoms with E-state index in [4.69, 9.17) is 0 Å². The smallest absolute Gasteiger partial charge is 0.0875 e. The fraction of sp³-hybridized carbons (Fsp3) is 1.00. The molecule has 0 atom stereocenters. The van der Waals surface area contributed by atoms with Crippen LogP contribution >= 0.6 is 11.8 Å². The Morgan fingerprint density at radius 2 is 2.00 bits per heavy atom. The van der Waals surface area contributed by atoms with Gasteiger partial charge in [0.05, 0.1) is 19.6 Å². The number of hydrogen-bond donors (Lipinski definition) is 0. The Morgan fingerprint density at radius 1 is 1.36 bits per heavy atom. The van der Waals surface area contributed by atoms with Gasteiger partial charge >= 0.3 is 0 Å². The zero-order valence-corrected chi connectivity index (χ0v) is 8.03. The summed E-state index contributed by atoms with van der Waals surface area (Å²) in [4.78, 5) is 0. The first-order valence-corrected chi connectivity index (χ1v) is 5.57. The van der Waals surface area contributed by atoms with Gasteiger partial charge < -0.3 is 9.85 Å². The van der Waals surface area contributed by atoms with Crippen LogP contribution in [0.25, 0.3) is 0 Å². The summed E-state index contributed by atoms with van der Waals surface area (Å²) in [5, 5.41) is 11.7. The Kier molecular flexibility index (Phi) is 3.69. The monoisotopic (exact) mass is 175 g/mol. The van der Waals surface area contributed by atoms with Crippen molar-refractivity contribution in [2.45, 2.75) is 19.8 Å². The maximum absolute atomic E-state index is 11.7. The van der Waals surface area contributed by atoms with Crippen LogP contribution in [0.2, 0.25) is 0 Å². The lowest BCUT2D eigenvalue weighted by molar-refractivity contribution is -0.865. The van der Waals surface area contributed by atoms with Crippen molar-refractivity contribution in [1.29, 1.82) is 0 Å². The second-order valence-corrected chi connectivity index (χ2v) is 4.53. The molecule has 1 aliphatic rings. The first-order valence-electron chi connectivity index (χ1n) is 4.42. The van der Waals surface area contributed by atoms with Crippen molar-refractivity contribution in [3.63, 3.8) is 0 Å². The molecular formula is C8H17NOS. The predicted molar refractivity (Wildman–Crippen MR) is 50.5 cm³/mol. The number of hydroxylamine groups is 3. The van der Waals surface area contributed by atoms with Gasteiger partial charge in [0, 0.05) is 18.6 Å². The number of rotatable bonds is 4. The Hall–Kier alpha value is 0.270. The molecule has 0 saturated carbocycles. The summed E-state index contributed by atoms with van der Waals surface area (Å²) in [6.07, 6.45) is 2.28. The summed E-state index contributed by atoms with van der Waals surface area (Å²) in [5.74, 6) is 2.18. The second kappa shape index (κ2) is 4.33. The van der Waals surface area contributed by atoms with Gasteiger partial charge in [0.15, 0.2) is 0 Å². The summed E-state index contributed by atoms with van der Waals surface area (Å²) >= 11 is 1.88. The Labute approximate surface area is 73.1 Å². The topological polar surface area (TPSA) is 23.1 Å². The molecule has 1 heterocycles. The SMILES string of the molecule is CCSCC[N+]1([O-])CCCC1. The number of likely N-dealkylation sites (tertiary alicyclic amines) is 1. The minimum absolute atomic E-state index is 0.0903. The molecule has 0 aromatic carbocycles. The van der Waals surface area contributed by atoms with Gasteiger partial charge in [-0.3, -0.25) is 0 Å². The number of thioether (sulfide) groups is 1. The Balaban J connectivity index is 2.13. The highest BCUT2D eigenvalue weighted by atomic mass is 32.2. The molecule has 0 aromatic heterocycles. The lowest BCUT2D eigenvalue weighted by Gasteiger charge is -2.38. The largest absolute Gasteiger partial charge is 0.633 e. The third-order valence-corrected chi connectivity index (χ3v) is 3.11. The molecule has 66 valence electrons. The fourth-order valence-corrected chi connectivity index (χ4v) is 2.26. The third-order valence-electron chi connectivity index (χ3n) is 2.23. The molecule has 0 radical (unpaired) electrons. The zero-order chi connectivity index (χ0) is 8.16. The molecule has 1 aliphatic heterocycles. The van der Waals surface area contributed by atoms with E-state index in [1.807, 2.05) is 11.8 Å². The lowest BCUT2D eigenvalue weighted by atomic mass is 10.4. The van der Waals surface area contributed by atoms with Crippen molar-refractivity contribution in [3.05, 3.63) is 5.21 Å². The standard InChI is InChI=1S/C8H17NOS/c1-2-11-8-7-9(10)5-3-4-6-9/h2-8H2,1H3. The first kappa shape index (κ1) is 9.36. The first-order chi connectivity index (χ1) is 5.27. The molecule has 0 spiro atoms. The highest BCUT2D eigenvalue weighted by Crippen LogP contribution is 2.18. The van der Waals surface area contributed by atoms with Crippen molar-refractivity contribution in [1.82, 2.24) is 0 Å². The van der Waals surface area contributed by atoms with Gasteiger partial charge in [-0.05, 0) is 5.75 Å². The van der Waals surface area contributed by atoms with E-state index in [1.54, 1.807) is 0 Å². The van der Waals surface area contributed by atoms with Crippen LogP contribution in [0, 0.1) is 5.21 Å². The molecule has 0 aliphatic carbocycles. The maximum atomic E-state index is 11.7. The molecule has 0 N–H and O–H groups in total. The van der Waals surface area contributed by atoms with Crippen molar-refractivity contribution in [2.24, 2.45) is 0 Å². The van der Waals surface area contributed by atoms with Crippen molar-refractivity contribution in [3.8, 4) is 0 Å². The Bertz CT molecular complexity index is 113. The normalized spacial score (nSPS) is 22.4. The lowest BCUT2D eigenvalue weighted by Crippen LogP contribution is -2.40. The van der Waals surface area contributed by atoms with E-state index in [0.29, 0.717) is 0 Å². The van der Waals surface area contributed by atoms with E-state index in [9.17, 15) is 5.21 Å². The molecule has 11 heavy (non-hydrogen) atoms. The minimum atomic E-state index is 0.0903. The molecule has 1 rings (SSSR count). The highest BCUT2D eigenvalue weighted by Gasteiger charge is 2.21. The third kappa shape index (κ3) is 3.01. The van der Waals surface area contributed by atoms with E-state index < -0.39 is 0 Å². The van der Waals surface area contributed by atoms with Gasteiger partial charge in [-0.25, -0.2) is 0 Å². The fourth-order valence-electron chi connectivity index (χ4n) is 1.51. The molecule has 0 unspecified atom stereocenters. The molecule has 2 nitrogen and oxygen atoms in total. The number of nitrogens with zero attached hydrogens (tertiary/aromatic N) is 1. The summed E-state index contributed by atoms with van der Waals surface area (Å²) in [6, 6.07) is 0. The van der Waals surface area contributed by atoms with Crippen molar-refractivity contribution < 1.29 is 4.65 Å². The summed E-state index contributed by atoms with van der Waals surface area (Å²) in [6.45, 7) is 4.71. The molecule has 1 saturated heterocycles. The quantitative estimate of drug-likeness (QED) is 0.370. The van der Waals surface area contributed by atoms with E-state index in [-0.39, 0.29) is 4.65 Å². The van der Waals surface area contributed by atoms with Crippen LogP contribution in [-0.2, 0) is 0 Å². The molecule has 0 bridgehead atoms. The van der Waals surface area contributed by atoms with E-state index in [0.717, 1.165) is 44.0 Å². The van der Waals surface area contributed by atoms with Gasteiger partial charge in [0.2, 0.25) is 0 Å². The summed E-state index contributed by atoms with van der Waals surface area (Å²) in [5.41, 5.74) is 0. The second-order valence-electron chi connectivity index (χ2n) is 3.13. The van der Waals surface area contributed by atoms with Crippen LogP contribution in [0.3, 0.4) is 0 Å². The van der Waals surface area contributed by atoms with Crippen LogP contribution in [0.4, 0.5) is 0 Å². The van der Waals surface area contributed by atoms with Crippen LogP contribution in [0.15, 0.2) is 0 Å². The van der Waals surface area contributed by atoms with Gasteiger partial charge in [-0.15, -0.1) is 0 Å². The van der Waals surface area contributed by atoms with E-state index in [1.165, 1.54) is 0 Å². The number of hydrogen-bond acceptors (Lipinski definition) is 2. The molecule has 0 amide bonds. The minimum Gasteiger partial charge on any atom is -0.633 e. The van der Waals surface area contributed by atoms with Gasteiger partial charge in [-0.1, -0.05) is 6.92 Å². The van der Waals surface area contributed by atoms with Crippen LogP contribution in [-0.4, -0.2) is 35.8 Å². The van der Waals surface area contributed by atoms with Crippen molar-refractivity contribution >= 4 is 11.8 Å². The summed E-state index contributed by atoms with van der Waals surface area (Å²) in [7, 11) is 0. The molecular weight excluding hydrogens is 158 g/mol. The average Bonchev–Trinajstić information content (AvgIpc) is 2.38. The van der Waals surface area contributed by atoms with Crippen molar-refractivity contribution in [2.75, 3.05) is 31.1 Å². The number of quaternary nitrogens is 1. The van der Waals surface area contributed by atoms with Gasteiger partial charge in [0.25, 0.3) is 0 Å². The van der Waals surface area contributed by atoms with Gasteiger partial charge in [0.1, 0.15) is 0 Å². The highest BCUT2D eigenvalue weighted by molar-refractivity contribution is 7.99. The molecule has 3 heteroatoms. The van der Waals surface area contributed by atoms with Crippen LogP contribution in [0.5, 0.6) is 0 Å². The summed E-state index contributed by atoms with van der Waals surface area (Å²) < 4.78 is 0.0903. The van der Waals surface area contributed by atoms with E-state index in [2.05, 4.69) is 6.92 Å². The van der Waals surface area contributed by atoms with Gasteiger partial charge in [-0.2, -0.15) is 11.8 Å². The van der Waals surface area contributed by atoms with E-state index >= 15 is 0 Å². The van der Waals surface area contributed by atoms with Crippen LogP contribution < -0.4 is 0 Å². The molecule has 0 aromatic rings.